The van der Waals surface area contributed by atoms with Gasteiger partial charge in [0.05, 0.1) is 0 Å². The van der Waals surface area contributed by atoms with Crippen molar-refractivity contribution in [1.82, 2.24) is 4.90 Å². The Bertz CT molecular complexity index is 139. The van der Waals surface area contributed by atoms with Gasteiger partial charge in [-0.2, -0.15) is 0 Å². The van der Waals surface area contributed by atoms with E-state index < -0.39 is 0 Å². The summed E-state index contributed by atoms with van der Waals surface area (Å²) in [6.45, 7) is 8.76. The van der Waals surface area contributed by atoms with Crippen molar-refractivity contribution >= 4 is 0 Å². The second-order valence-corrected chi connectivity index (χ2v) is 4.85. The maximum Gasteiger partial charge on any atom is 0.0431 e. The van der Waals surface area contributed by atoms with Gasteiger partial charge >= 0.3 is 0 Å². The van der Waals surface area contributed by atoms with E-state index in [1.165, 1.54) is 32.5 Å². The summed E-state index contributed by atoms with van der Waals surface area (Å²) < 4.78 is 0. The van der Waals surface area contributed by atoms with Crippen molar-refractivity contribution in [2.24, 2.45) is 11.8 Å². The molecule has 1 heterocycles. The molecule has 0 radical (unpaired) electrons. The first-order valence-corrected chi connectivity index (χ1v) is 6.07. The number of aliphatic hydroxyl groups is 1. The van der Waals surface area contributed by atoms with E-state index in [-0.39, 0.29) is 0 Å². The molecule has 0 bridgehead atoms. The Morgan fingerprint density at radius 1 is 1.21 bits per heavy atom. The number of hydrogen-bond acceptors (Lipinski definition) is 2. The third-order valence-corrected chi connectivity index (χ3v) is 3.46. The maximum absolute atomic E-state index is 8.69. The number of aliphatic hydroxyl groups excluding tert-OH is 1. The maximum atomic E-state index is 8.69. The number of piperidine rings is 1. The van der Waals surface area contributed by atoms with E-state index in [9.17, 15) is 0 Å². The summed E-state index contributed by atoms with van der Waals surface area (Å²) in [6.07, 6.45) is 4.86. The minimum Gasteiger partial charge on any atom is -0.396 e. The SMILES string of the molecule is CC(C)C1CCN(CCCCO)CC1. The van der Waals surface area contributed by atoms with Gasteiger partial charge in [-0.1, -0.05) is 13.8 Å². The van der Waals surface area contributed by atoms with Crippen molar-refractivity contribution in [3.8, 4) is 0 Å². The third kappa shape index (κ3) is 3.97. The molecule has 0 aromatic carbocycles. The predicted molar refractivity (Wildman–Crippen MR) is 60.3 cm³/mol. The minimum atomic E-state index is 0.350. The summed E-state index contributed by atoms with van der Waals surface area (Å²) >= 11 is 0. The zero-order valence-electron chi connectivity index (χ0n) is 9.71. The van der Waals surface area contributed by atoms with E-state index in [0.29, 0.717) is 6.61 Å². The molecule has 1 saturated heterocycles. The molecular weight excluding hydrogens is 174 g/mol. The molecule has 84 valence electrons. The molecule has 0 aliphatic carbocycles. The van der Waals surface area contributed by atoms with E-state index in [1.807, 2.05) is 0 Å². The number of unbranched alkanes of at least 4 members (excludes halogenated alkanes) is 1. The molecule has 0 aromatic rings. The Morgan fingerprint density at radius 2 is 1.86 bits per heavy atom. The smallest absolute Gasteiger partial charge is 0.0431 e. The quantitative estimate of drug-likeness (QED) is 0.686. The number of rotatable bonds is 5. The van der Waals surface area contributed by atoms with Gasteiger partial charge < -0.3 is 10.0 Å². The molecule has 1 fully saturated rings. The molecule has 0 atom stereocenters. The first-order valence-electron chi connectivity index (χ1n) is 6.07. The van der Waals surface area contributed by atoms with Gasteiger partial charge in [-0.15, -0.1) is 0 Å². The number of nitrogens with zero attached hydrogens (tertiary/aromatic N) is 1. The van der Waals surface area contributed by atoms with Gasteiger partial charge in [-0.05, 0) is 57.2 Å². The van der Waals surface area contributed by atoms with Crippen LogP contribution in [0.25, 0.3) is 0 Å². The largest absolute Gasteiger partial charge is 0.396 e. The Hall–Kier alpha value is -0.0800. The second kappa shape index (κ2) is 6.41. The predicted octanol–water partition coefficient (Wildman–Crippen LogP) is 2.13. The van der Waals surface area contributed by atoms with Gasteiger partial charge in [0.2, 0.25) is 0 Å². The van der Waals surface area contributed by atoms with Crippen LogP contribution in [0, 0.1) is 11.8 Å². The van der Waals surface area contributed by atoms with Gasteiger partial charge in [0.25, 0.3) is 0 Å². The average molecular weight is 199 g/mol. The molecule has 1 N–H and O–H groups in total. The normalized spacial score (nSPS) is 20.6. The summed E-state index contributed by atoms with van der Waals surface area (Å²) in [5.74, 6) is 1.80. The lowest BCUT2D eigenvalue weighted by molar-refractivity contribution is 0.152. The monoisotopic (exact) mass is 199 g/mol. The molecule has 0 spiro atoms. The summed E-state index contributed by atoms with van der Waals surface area (Å²) in [5, 5.41) is 8.69. The Balaban J connectivity index is 2.09. The number of hydrogen-bond donors (Lipinski definition) is 1. The molecule has 1 rings (SSSR count). The Morgan fingerprint density at radius 3 is 2.36 bits per heavy atom. The van der Waals surface area contributed by atoms with Crippen molar-refractivity contribution < 1.29 is 5.11 Å². The fourth-order valence-electron chi connectivity index (χ4n) is 2.29. The zero-order chi connectivity index (χ0) is 10.4. The van der Waals surface area contributed by atoms with Crippen molar-refractivity contribution in [1.29, 1.82) is 0 Å². The molecule has 2 nitrogen and oxygen atoms in total. The molecule has 0 unspecified atom stereocenters. The highest BCUT2D eigenvalue weighted by atomic mass is 16.2. The van der Waals surface area contributed by atoms with E-state index >= 15 is 0 Å². The fraction of sp³-hybridized carbons (Fsp3) is 1.00. The van der Waals surface area contributed by atoms with E-state index in [0.717, 1.165) is 24.7 Å². The Labute approximate surface area is 88.3 Å². The van der Waals surface area contributed by atoms with E-state index in [2.05, 4.69) is 18.7 Å². The highest BCUT2D eigenvalue weighted by Crippen LogP contribution is 2.24. The summed E-state index contributed by atoms with van der Waals surface area (Å²) in [7, 11) is 0. The van der Waals surface area contributed by atoms with Crippen LogP contribution >= 0.6 is 0 Å². The summed E-state index contributed by atoms with van der Waals surface area (Å²) in [6, 6.07) is 0. The molecule has 2 heteroatoms. The van der Waals surface area contributed by atoms with Crippen LogP contribution in [0.3, 0.4) is 0 Å². The summed E-state index contributed by atoms with van der Waals surface area (Å²) in [5.41, 5.74) is 0. The second-order valence-electron chi connectivity index (χ2n) is 4.85. The highest BCUT2D eigenvalue weighted by Gasteiger charge is 2.20. The van der Waals surface area contributed by atoms with Crippen LogP contribution in [-0.4, -0.2) is 36.2 Å². The standard InChI is InChI=1S/C12H25NO/c1-11(2)12-5-8-13(9-6-12)7-3-4-10-14/h11-12,14H,3-10H2,1-2H3. The van der Waals surface area contributed by atoms with Crippen molar-refractivity contribution in [3.63, 3.8) is 0 Å². The minimum absolute atomic E-state index is 0.350. The van der Waals surface area contributed by atoms with Crippen molar-refractivity contribution in [3.05, 3.63) is 0 Å². The van der Waals surface area contributed by atoms with Crippen LogP contribution in [0.4, 0.5) is 0 Å². The van der Waals surface area contributed by atoms with Gasteiger partial charge in [-0.25, -0.2) is 0 Å². The zero-order valence-corrected chi connectivity index (χ0v) is 9.71. The van der Waals surface area contributed by atoms with Crippen LogP contribution in [0.2, 0.25) is 0 Å². The summed E-state index contributed by atoms with van der Waals surface area (Å²) in [4.78, 5) is 2.55. The first-order chi connectivity index (χ1) is 6.74. The lowest BCUT2D eigenvalue weighted by atomic mass is 9.87. The van der Waals surface area contributed by atoms with E-state index in [4.69, 9.17) is 5.11 Å². The van der Waals surface area contributed by atoms with Crippen molar-refractivity contribution in [2.45, 2.75) is 39.5 Å². The van der Waals surface area contributed by atoms with Gasteiger partial charge in [0.15, 0.2) is 0 Å². The highest BCUT2D eigenvalue weighted by molar-refractivity contribution is 4.74. The van der Waals surface area contributed by atoms with Crippen LogP contribution in [0.15, 0.2) is 0 Å². The molecular formula is C12H25NO. The van der Waals surface area contributed by atoms with Crippen LogP contribution in [-0.2, 0) is 0 Å². The molecule has 0 aromatic heterocycles. The molecule has 1 aliphatic rings. The first kappa shape index (κ1) is 12.0. The fourth-order valence-corrected chi connectivity index (χ4v) is 2.29. The van der Waals surface area contributed by atoms with Gasteiger partial charge in [0.1, 0.15) is 0 Å². The van der Waals surface area contributed by atoms with Gasteiger partial charge in [-0.3, -0.25) is 0 Å². The lowest BCUT2D eigenvalue weighted by Gasteiger charge is -2.33. The number of likely N-dealkylation sites (tertiary alicyclic amines) is 1. The molecule has 0 amide bonds. The lowest BCUT2D eigenvalue weighted by Crippen LogP contribution is -2.35. The van der Waals surface area contributed by atoms with E-state index in [1.54, 1.807) is 0 Å². The van der Waals surface area contributed by atoms with Crippen LogP contribution < -0.4 is 0 Å². The van der Waals surface area contributed by atoms with Gasteiger partial charge in [0, 0.05) is 6.61 Å². The third-order valence-electron chi connectivity index (χ3n) is 3.46. The molecule has 0 saturated carbocycles. The average Bonchev–Trinajstić information content (AvgIpc) is 2.19. The topological polar surface area (TPSA) is 23.5 Å². The van der Waals surface area contributed by atoms with Crippen molar-refractivity contribution in [2.75, 3.05) is 26.2 Å². The Kier molecular flexibility index (Phi) is 5.49. The van der Waals surface area contributed by atoms with Crippen LogP contribution in [0.1, 0.15) is 39.5 Å². The molecule has 1 aliphatic heterocycles. The van der Waals surface area contributed by atoms with Crippen LogP contribution in [0.5, 0.6) is 0 Å². The molecule has 14 heavy (non-hydrogen) atoms.